The Balaban J connectivity index is 0.00000289. The van der Waals surface area contributed by atoms with Gasteiger partial charge in [-0.25, -0.2) is 18.1 Å². The highest BCUT2D eigenvalue weighted by atomic mass is 35.5. The van der Waals surface area contributed by atoms with Crippen LogP contribution < -0.4 is 15.8 Å². The van der Waals surface area contributed by atoms with E-state index in [2.05, 4.69) is 20.0 Å². The number of fused-ring (bicyclic) bond motifs is 2. The van der Waals surface area contributed by atoms with Gasteiger partial charge in [-0.15, -0.1) is 12.4 Å². The third-order valence-electron chi connectivity index (χ3n) is 6.74. The van der Waals surface area contributed by atoms with Gasteiger partial charge in [-0.3, -0.25) is 0 Å². The first-order valence-electron chi connectivity index (χ1n) is 11.7. The lowest BCUT2D eigenvalue weighted by Crippen LogP contribution is -2.32. The van der Waals surface area contributed by atoms with Crippen molar-refractivity contribution in [2.45, 2.75) is 30.6 Å². The van der Waals surface area contributed by atoms with Crippen LogP contribution in [0.2, 0.25) is 0 Å². The molecule has 4 N–H and O–H groups in total. The summed E-state index contributed by atoms with van der Waals surface area (Å²) in [5.41, 5.74) is 6.91. The highest BCUT2D eigenvalue weighted by Gasteiger charge is 2.23. The first-order valence-corrected chi connectivity index (χ1v) is 13.2. The topological polar surface area (TPSA) is 110 Å². The number of nitrogens with two attached hydrogens (primary N) is 1. The molecule has 0 bridgehead atoms. The Kier molecular flexibility index (Phi) is 7.74. The Hall–Kier alpha value is -2.94. The lowest BCUT2D eigenvalue weighted by atomic mass is 9.82. The number of nitrogen functional groups attached to an aromatic ring is 1. The molecule has 1 aliphatic rings. The summed E-state index contributed by atoms with van der Waals surface area (Å²) < 4.78 is 28.5. The number of anilines is 2. The molecule has 0 unspecified atom stereocenters. The number of halogens is 1. The summed E-state index contributed by atoms with van der Waals surface area (Å²) in [6.07, 6.45) is 4.07. The van der Waals surface area contributed by atoms with Crippen LogP contribution in [0.1, 0.15) is 25.7 Å². The maximum absolute atomic E-state index is 12.8. The molecule has 1 fully saturated rings. The first-order chi connectivity index (χ1) is 16.5. The van der Waals surface area contributed by atoms with E-state index in [1.54, 1.807) is 12.1 Å². The molecule has 0 amide bonds. The molecule has 4 aromatic rings. The fraction of sp³-hybridized carbons (Fsp3) is 0.308. The van der Waals surface area contributed by atoms with Crippen molar-refractivity contribution in [3.63, 3.8) is 0 Å². The Labute approximate surface area is 212 Å². The van der Waals surface area contributed by atoms with E-state index < -0.39 is 10.0 Å². The van der Waals surface area contributed by atoms with E-state index in [1.165, 1.54) is 0 Å². The molecule has 3 aromatic carbocycles. The van der Waals surface area contributed by atoms with E-state index in [9.17, 15) is 8.42 Å². The van der Waals surface area contributed by atoms with Crippen molar-refractivity contribution in [3.8, 4) is 0 Å². The number of nitrogens with one attached hydrogen (secondary N) is 2. The third-order valence-corrected chi connectivity index (χ3v) is 8.16. The molecule has 1 saturated carbocycles. The molecule has 5 rings (SSSR count). The SMILES string of the molecule is Cl.Nc1nc(NC[C@H]2CC[C@H](CNS(=O)(=O)c3ccc4ccccc4c3)CC2)nc2ccccc12. The van der Waals surface area contributed by atoms with E-state index in [0.717, 1.165) is 53.9 Å². The molecule has 1 aromatic heterocycles. The zero-order valence-corrected chi connectivity index (χ0v) is 21.0. The number of hydrogen-bond acceptors (Lipinski definition) is 6. The molecule has 1 aliphatic carbocycles. The van der Waals surface area contributed by atoms with Gasteiger partial charge in [0.15, 0.2) is 0 Å². The second-order valence-corrected chi connectivity index (χ2v) is 10.8. The fourth-order valence-corrected chi connectivity index (χ4v) is 5.85. The molecular weight excluding hydrogens is 482 g/mol. The van der Waals surface area contributed by atoms with Crippen LogP contribution in [-0.4, -0.2) is 31.5 Å². The van der Waals surface area contributed by atoms with E-state index in [4.69, 9.17) is 5.73 Å². The van der Waals surface area contributed by atoms with Crippen molar-refractivity contribution >= 4 is 55.9 Å². The van der Waals surface area contributed by atoms with Gasteiger partial charge in [0.1, 0.15) is 5.82 Å². The van der Waals surface area contributed by atoms with Crippen LogP contribution >= 0.6 is 12.4 Å². The lowest BCUT2D eigenvalue weighted by molar-refractivity contribution is 0.284. The summed E-state index contributed by atoms with van der Waals surface area (Å²) in [4.78, 5) is 9.26. The van der Waals surface area contributed by atoms with Crippen molar-refractivity contribution in [3.05, 3.63) is 66.7 Å². The molecule has 0 atom stereocenters. The molecular formula is C26H30ClN5O2S. The highest BCUT2D eigenvalue weighted by Crippen LogP contribution is 2.29. The number of sulfonamides is 1. The monoisotopic (exact) mass is 511 g/mol. The molecule has 35 heavy (non-hydrogen) atoms. The second kappa shape index (κ2) is 10.8. The highest BCUT2D eigenvalue weighted by molar-refractivity contribution is 7.89. The van der Waals surface area contributed by atoms with Crippen molar-refractivity contribution in [1.29, 1.82) is 0 Å². The Morgan fingerprint density at radius 2 is 1.49 bits per heavy atom. The lowest BCUT2D eigenvalue weighted by Gasteiger charge is -2.28. The van der Waals surface area contributed by atoms with Crippen molar-refractivity contribution in [2.24, 2.45) is 11.8 Å². The Morgan fingerprint density at radius 1 is 0.829 bits per heavy atom. The summed E-state index contributed by atoms with van der Waals surface area (Å²) in [5.74, 6) is 1.89. The van der Waals surface area contributed by atoms with E-state index >= 15 is 0 Å². The minimum absolute atomic E-state index is 0. The number of aromatic nitrogens is 2. The van der Waals surface area contributed by atoms with Crippen LogP contribution in [0.15, 0.2) is 71.6 Å². The molecule has 0 radical (unpaired) electrons. The number of para-hydroxylation sites is 1. The first kappa shape index (κ1) is 25.2. The molecule has 7 nitrogen and oxygen atoms in total. The number of benzene rings is 3. The molecule has 9 heteroatoms. The summed E-state index contributed by atoms with van der Waals surface area (Å²) >= 11 is 0. The van der Waals surface area contributed by atoms with Crippen molar-refractivity contribution < 1.29 is 8.42 Å². The van der Waals surface area contributed by atoms with Crippen LogP contribution in [0.3, 0.4) is 0 Å². The minimum atomic E-state index is -3.52. The number of rotatable bonds is 7. The van der Waals surface area contributed by atoms with Gasteiger partial charge in [-0.2, -0.15) is 4.98 Å². The number of nitrogens with zero attached hydrogens (tertiary/aromatic N) is 2. The van der Waals surface area contributed by atoms with E-state index in [1.807, 2.05) is 54.6 Å². The predicted molar refractivity (Wildman–Crippen MR) is 144 cm³/mol. The normalized spacial score (nSPS) is 18.3. The van der Waals surface area contributed by atoms with Crippen LogP contribution in [0.4, 0.5) is 11.8 Å². The smallest absolute Gasteiger partial charge is 0.240 e. The van der Waals surface area contributed by atoms with Crippen molar-refractivity contribution in [2.75, 3.05) is 24.1 Å². The second-order valence-electron chi connectivity index (χ2n) is 9.08. The van der Waals surface area contributed by atoms with Gasteiger partial charge in [0.2, 0.25) is 16.0 Å². The summed E-state index contributed by atoms with van der Waals surface area (Å²) in [7, 11) is -3.52. The van der Waals surface area contributed by atoms with E-state index in [0.29, 0.717) is 35.0 Å². The molecule has 0 saturated heterocycles. The summed E-state index contributed by atoms with van der Waals surface area (Å²) in [6.45, 7) is 1.26. The zero-order chi connectivity index (χ0) is 23.5. The average Bonchev–Trinajstić information content (AvgIpc) is 2.86. The van der Waals surface area contributed by atoms with Gasteiger partial charge >= 0.3 is 0 Å². The largest absolute Gasteiger partial charge is 0.383 e. The van der Waals surface area contributed by atoms with Gasteiger partial charge in [0.05, 0.1) is 10.4 Å². The molecule has 0 spiro atoms. The van der Waals surface area contributed by atoms with Crippen LogP contribution in [0.5, 0.6) is 0 Å². The van der Waals surface area contributed by atoms with Gasteiger partial charge in [0.25, 0.3) is 0 Å². The Morgan fingerprint density at radius 3 is 2.26 bits per heavy atom. The summed E-state index contributed by atoms with van der Waals surface area (Å²) in [5, 5.41) is 6.16. The maximum atomic E-state index is 12.8. The van der Waals surface area contributed by atoms with Gasteiger partial charge < -0.3 is 11.1 Å². The quantitative estimate of drug-likeness (QED) is 0.322. The van der Waals surface area contributed by atoms with Crippen LogP contribution in [0.25, 0.3) is 21.7 Å². The van der Waals surface area contributed by atoms with Crippen molar-refractivity contribution in [1.82, 2.24) is 14.7 Å². The zero-order valence-electron chi connectivity index (χ0n) is 19.4. The third kappa shape index (κ3) is 5.83. The van der Waals surface area contributed by atoms with Gasteiger partial charge in [-0.05, 0) is 72.6 Å². The van der Waals surface area contributed by atoms with Gasteiger partial charge in [-0.1, -0.05) is 42.5 Å². The predicted octanol–water partition coefficient (Wildman–Crippen LogP) is 4.98. The molecule has 184 valence electrons. The Bertz CT molecular complexity index is 1420. The minimum Gasteiger partial charge on any atom is -0.383 e. The van der Waals surface area contributed by atoms with Crippen LogP contribution in [0, 0.1) is 11.8 Å². The van der Waals surface area contributed by atoms with Gasteiger partial charge in [0, 0.05) is 18.5 Å². The standard InChI is InChI=1S/C26H29N5O2S.ClH/c27-25-23-7-3-4-8-24(23)30-26(31-25)28-16-18-9-11-19(12-10-18)17-29-34(32,33)22-14-13-20-5-1-2-6-21(20)15-22;/h1-8,13-15,18-19,29H,9-12,16-17H2,(H3,27,28,30,31);1H/t18-,19-;. The number of hydrogen-bond donors (Lipinski definition) is 3. The fourth-order valence-electron chi connectivity index (χ4n) is 4.70. The molecule has 1 heterocycles. The molecule has 0 aliphatic heterocycles. The van der Waals surface area contributed by atoms with Crippen LogP contribution in [-0.2, 0) is 10.0 Å². The van der Waals surface area contributed by atoms with E-state index in [-0.39, 0.29) is 12.4 Å². The maximum Gasteiger partial charge on any atom is 0.240 e. The summed E-state index contributed by atoms with van der Waals surface area (Å²) in [6, 6.07) is 20.8. The average molecular weight is 512 g/mol.